The summed E-state index contributed by atoms with van der Waals surface area (Å²) in [6, 6.07) is 3.41. The molecule has 0 saturated carbocycles. The van der Waals surface area contributed by atoms with Gasteiger partial charge in [0, 0.05) is 54.6 Å². The summed E-state index contributed by atoms with van der Waals surface area (Å²) in [5.74, 6) is 0.727. The molecule has 24 heavy (non-hydrogen) atoms. The minimum absolute atomic E-state index is 0.233. The summed E-state index contributed by atoms with van der Waals surface area (Å²) < 4.78 is 10.7. The molecule has 0 radical (unpaired) electrons. The molecule has 0 bridgehead atoms. The van der Waals surface area contributed by atoms with Gasteiger partial charge in [0.25, 0.3) is 0 Å². The highest BCUT2D eigenvalue weighted by molar-refractivity contribution is 6.09. The first kappa shape index (κ1) is 17.1. The van der Waals surface area contributed by atoms with Crippen molar-refractivity contribution in [2.24, 2.45) is 10.7 Å². The van der Waals surface area contributed by atoms with Crippen molar-refractivity contribution < 1.29 is 14.3 Å². The summed E-state index contributed by atoms with van der Waals surface area (Å²) in [6.45, 7) is 0.233. The zero-order valence-corrected chi connectivity index (χ0v) is 13.5. The van der Waals surface area contributed by atoms with Crippen molar-refractivity contribution in [2.45, 2.75) is 6.61 Å². The van der Waals surface area contributed by atoms with Crippen molar-refractivity contribution in [2.75, 3.05) is 14.2 Å². The number of allylic oxidation sites excluding steroid dienone is 1. The van der Waals surface area contributed by atoms with E-state index in [2.05, 4.69) is 15.0 Å². The molecule has 0 saturated heterocycles. The average Bonchev–Trinajstić information content (AvgIpc) is 2.64. The van der Waals surface area contributed by atoms with Crippen molar-refractivity contribution in [3.8, 4) is 11.6 Å². The predicted molar refractivity (Wildman–Crippen MR) is 91.3 cm³/mol. The van der Waals surface area contributed by atoms with Gasteiger partial charge < -0.3 is 15.2 Å². The number of hydrogen-bond donors (Lipinski definition) is 1. The molecule has 0 unspecified atom stereocenters. The molecule has 2 aromatic heterocycles. The molecule has 0 fully saturated rings. The number of ether oxygens (including phenoxy) is 2. The molecular formula is C17H18N4O3. The molecule has 0 amide bonds. The summed E-state index contributed by atoms with van der Waals surface area (Å²) in [6.07, 6.45) is 8.63. The number of aromatic nitrogens is 2. The number of aldehydes is 1. The molecule has 0 aromatic carbocycles. The first-order chi connectivity index (χ1) is 11.7. The molecule has 7 nitrogen and oxygen atoms in total. The summed E-state index contributed by atoms with van der Waals surface area (Å²) >= 11 is 0. The molecule has 2 heterocycles. The Bertz CT molecular complexity index is 772. The normalized spacial score (nSPS) is 11.5. The second kappa shape index (κ2) is 8.42. The lowest BCUT2D eigenvalue weighted by atomic mass is 10.1. The first-order valence-electron chi connectivity index (χ1n) is 7.12. The van der Waals surface area contributed by atoms with Crippen LogP contribution in [0.1, 0.15) is 21.5 Å². The van der Waals surface area contributed by atoms with Gasteiger partial charge >= 0.3 is 0 Å². The van der Waals surface area contributed by atoms with Gasteiger partial charge in [-0.2, -0.15) is 0 Å². The van der Waals surface area contributed by atoms with Gasteiger partial charge in [0.05, 0.1) is 18.9 Å². The second-order valence-electron chi connectivity index (χ2n) is 4.76. The maximum atomic E-state index is 11.1. The van der Waals surface area contributed by atoms with E-state index in [-0.39, 0.29) is 6.61 Å². The van der Waals surface area contributed by atoms with Gasteiger partial charge in [-0.15, -0.1) is 0 Å². The van der Waals surface area contributed by atoms with Crippen LogP contribution < -0.4 is 15.2 Å². The SMILES string of the molecule is CN=C/C(=C\N)c1cncc(COc2cnc(OC)cc2C=O)c1. The van der Waals surface area contributed by atoms with E-state index in [1.165, 1.54) is 25.6 Å². The fourth-order valence-electron chi connectivity index (χ4n) is 2.00. The summed E-state index contributed by atoms with van der Waals surface area (Å²) in [5, 5.41) is 0. The van der Waals surface area contributed by atoms with Crippen molar-refractivity contribution in [3.63, 3.8) is 0 Å². The van der Waals surface area contributed by atoms with E-state index in [0.29, 0.717) is 23.5 Å². The Morgan fingerprint density at radius 3 is 2.83 bits per heavy atom. The molecule has 7 heteroatoms. The van der Waals surface area contributed by atoms with E-state index >= 15 is 0 Å². The number of carbonyl (C=O) groups is 1. The highest BCUT2D eigenvalue weighted by atomic mass is 16.5. The van der Waals surface area contributed by atoms with Gasteiger partial charge in [0.15, 0.2) is 6.29 Å². The molecule has 2 aromatic rings. The minimum Gasteiger partial charge on any atom is -0.486 e. The maximum absolute atomic E-state index is 11.1. The van der Waals surface area contributed by atoms with Crippen LogP contribution in [0.15, 0.2) is 41.9 Å². The van der Waals surface area contributed by atoms with E-state index in [4.69, 9.17) is 15.2 Å². The Hall–Kier alpha value is -3.22. The Morgan fingerprint density at radius 2 is 2.17 bits per heavy atom. The lowest BCUT2D eigenvalue weighted by Gasteiger charge is -2.10. The fraction of sp³-hybridized carbons (Fsp3) is 0.176. The molecule has 0 spiro atoms. The predicted octanol–water partition coefficient (Wildman–Crippen LogP) is 1.88. The Morgan fingerprint density at radius 1 is 1.33 bits per heavy atom. The van der Waals surface area contributed by atoms with Crippen LogP contribution in [0.3, 0.4) is 0 Å². The third-order valence-corrected chi connectivity index (χ3v) is 3.18. The molecule has 0 aliphatic heterocycles. The fourth-order valence-corrected chi connectivity index (χ4v) is 2.00. The van der Waals surface area contributed by atoms with Crippen LogP contribution in [0.5, 0.6) is 11.6 Å². The highest BCUT2D eigenvalue weighted by Gasteiger charge is 2.08. The van der Waals surface area contributed by atoms with E-state index in [9.17, 15) is 4.79 Å². The topological polar surface area (TPSA) is 99.7 Å². The van der Waals surface area contributed by atoms with E-state index in [0.717, 1.165) is 16.7 Å². The second-order valence-corrected chi connectivity index (χ2v) is 4.76. The Kier molecular flexibility index (Phi) is 6.01. The average molecular weight is 326 g/mol. The van der Waals surface area contributed by atoms with Crippen LogP contribution in [0.4, 0.5) is 0 Å². The van der Waals surface area contributed by atoms with Crippen molar-refractivity contribution in [3.05, 3.63) is 53.6 Å². The van der Waals surface area contributed by atoms with Crippen LogP contribution >= 0.6 is 0 Å². The smallest absolute Gasteiger partial charge is 0.213 e. The van der Waals surface area contributed by atoms with Crippen molar-refractivity contribution in [1.82, 2.24) is 9.97 Å². The molecule has 2 rings (SSSR count). The van der Waals surface area contributed by atoms with E-state index in [1.54, 1.807) is 25.7 Å². The number of pyridine rings is 2. The quantitative estimate of drug-likeness (QED) is 0.616. The Balaban J connectivity index is 2.17. The van der Waals surface area contributed by atoms with Crippen LogP contribution in [0.25, 0.3) is 5.57 Å². The van der Waals surface area contributed by atoms with Crippen LogP contribution in [0, 0.1) is 0 Å². The standard InChI is InChI=1S/C17H18N4O3/c1-19-7-15(5-18)13-3-12(6-20-8-13)11-24-16-9-21-17(23-2)4-14(16)10-22/h3-10H,11,18H2,1-2H3/b15-5+,19-7?. The largest absolute Gasteiger partial charge is 0.486 e. The van der Waals surface area contributed by atoms with Gasteiger partial charge in [-0.1, -0.05) is 0 Å². The minimum atomic E-state index is 0.233. The van der Waals surface area contributed by atoms with Crippen molar-refractivity contribution in [1.29, 1.82) is 0 Å². The van der Waals surface area contributed by atoms with Crippen molar-refractivity contribution >= 4 is 18.1 Å². The lowest BCUT2D eigenvalue weighted by Crippen LogP contribution is -2.02. The van der Waals surface area contributed by atoms with Gasteiger partial charge in [-0.05, 0) is 6.07 Å². The van der Waals surface area contributed by atoms with Crippen LogP contribution in [0.2, 0.25) is 0 Å². The van der Waals surface area contributed by atoms with Gasteiger partial charge in [0.1, 0.15) is 12.4 Å². The highest BCUT2D eigenvalue weighted by Crippen LogP contribution is 2.21. The number of carbonyl (C=O) groups excluding carboxylic acids is 1. The summed E-state index contributed by atoms with van der Waals surface area (Å²) in [5.41, 5.74) is 8.37. The zero-order chi connectivity index (χ0) is 17.4. The number of aliphatic imine (C=N–C) groups is 1. The number of nitrogens with zero attached hydrogens (tertiary/aromatic N) is 3. The van der Waals surface area contributed by atoms with Gasteiger partial charge in [-0.3, -0.25) is 14.8 Å². The molecular weight excluding hydrogens is 308 g/mol. The Labute approximate surface area is 139 Å². The van der Waals surface area contributed by atoms with Gasteiger partial charge in [0.2, 0.25) is 5.88 Å². The number of methoxy groups -OCH3 is 1. The number of nitrogens with two attached hydrogens (primary N) is 1. The third kappa shape index (κ3) is 4.16. The zero-order valence-electron chi connectivity index (χ0n) is 13.5. The summed E-state index contributed by atoms with van der Waals surface area (Å²) in [7, 11) is 3.15. The van der Waals surface area contributed by atoms with Crippen LogP contribution in [-0.2, 0) is 6.61 Å². The monoisotopic (exact) mass is 326 g/mol. The molecule has 124 valence electrons. The van der Waals surface area contributed by atoms with Gasteiger partial charge in [-0.25, -0.2) is 4.98 Å². The first-order valence-corrected chi connectivity index (χ1v) is 7.12. The number of rotatable bonds is 7. The number of hydrogen-bond acceptors (Lipinski definition) is 7. The molecule has 0 atom stereocenters. The molecule has 0 aliphatic carbocycles. The maximum Gasteiger partial charge on any atom is 0.213 e. The third-order valence-electron chi connectivity index (χ3n) is 3.18. The molecule has 2 N–H and O–H groups in total. The summed E-state index contributed by atoms with van der Waals surface area (Å²) in [4.78, 5) is 23.3. The van der Waals surface area contributed by atoms with E-state index in [1.807, 2.05) is 6.07 Å². The lowest BCUT2D eigenvalue weighted by molar-refractivity contribution is 0.111. The molecule has 0 aliphatic rings. The van der Waals surface area contributed by atoms with E-state index < -0.39 is 0 Å². The van der Waals surface area contributed by atoms with Crippen LogP contribution in [-0.4, -0.2) is 36.6 Å².